The van der Waals surface area contributed by atoms with Gasteiger partial charge in [-0.3, -0.25) is 0 Å². The molecule has 0 fully saturated rings. The van der Waals surface area contributed by atoms with E-state index in [0.717, 1.165) is 0 Å². The smallest absolute Gasteiger partial charge is 0.339 e. The molecule has 126 valence electrons. The molecule has 8 nitrogen and oxygen atoms in total. The summed E-state index contributed by atoms with van der Waals surface area (Å²) in [6, 6.07) is 12.7. The highest BCUT2D eigenvalue weighted by Crippen LogP contribution is 2.25. The van der Waals surface area contributed by atoms with Crippen LogP contribution in [0.3, 0.4) is 0 Å². The normalized spacial score (nSPS) is 11.8. The molecule has 0 radical (unpaired) electrons. The number of hydrogen-bond donors (Lipinski definition) is 3. The molecule has 0 atom stereocenters. The molecule has 0 aliphatic carbocycles. The van der Waals surface area contributed by atoms with Crippen LogP contribution in [0.1, 0.15) is 5.56 Å². The molecule has 0 saturated heterocycles. The molecule has 0 heterocycles. The predicted octanol–water partition coefficient (Wildman–Crippen LogP) is 0.982. The fourth-order valence-corrected chi connectivity index (χ4v) is 3.05. The highest BCUT2D eigenvalue weighted by atomic mass is 32.2. The standard InChI is InChI=1S/C15H17N5O3S/c1-10-7-8-11(19-15(18)20-14(16)17)9-13(10)24(21,22)23-12-5-3-2-4-6-12/h2-9H,1H3,(H6,16,17,18,19,20). The predicted molar refractivity (Wildman–Crippen MR) is 92.5 cm³/mol. The summed E-state index contributed by atoms with van der Waals surface area (Å²) >= 11 is 0. The largest absolute Gasteiger partial charge is 0.379 e. The molecule has 6 N–H and O–H groups in total. The highest BCUT2D eigenvalue weighted by molar-refractivity contribution is 7.87. The summed E-state index contributed by atoms with van der Waals surface area (Å²) in [6.07, 6.45) is 0. The van der Waals surface area contributed by atoms with Crippen LogP contribution in [0.25, 0.3) is 0 Å². The third kappa shape index (κ3) is 4.46. The molecule has 24 heavy (non-hydrogen) atoms. The zero-order valence-electron chi connectivity index (χ0n) is 12.9. The van der Waals surface area contributed by atoms with Crippen molar-refractivity contribution in [1.82, 2.24) is 0 Å². The van der Waals surface area contributed by atoms with E-state index in [1.54, 1.807) is 49.4 Å². The Labute approximate surface area is 139 Å². The second-order valence-electron chi connectivity index (χ2n) is 4.81. The lowest BCUT2D eigenvalue weighted by Crippen LogP contribution is -2.26. The van der Waals surface area contributed by atoms with Crippen LogP contribution in [0.15, 0.2) is 63.4 Å². The molecule has 0 bridgehead atoms. The Kier molecular flexibility index (Phi) is 5.05. The lowest BCUT2D eigenvalue weighted by Gasteiger charge is -2.10. The topological polar surface area (TPSA) is 146 Å². The van der Waals surface area contributed by atoms with E-state index >= 15 is 0 Å². The van der Waals surface area contributed by atoms with Crippen LogP contribution >= 0.6 is 0 Å². The van der Waals surface area contributed by atoms with Gasteiger partial charge in [0, 0.05) is 0 Å². The third-order valence-corrected chi connectivity index (χ3v) is 4.27. The number of guanidine groups is 2. The fraction of sp³-hybridized carbons (Fsp3) is 0.0667. The molecule has 0 aliphatic heterocycles. The SMILES string of the molecule is Cc1ccc(N=C(N)N=C(N)N)cc1S(=O)(=O)Oc1ccccc1. The molecule has 0 amide bonds. The Morgan fingerprint density at radius 2 is 1.71 bits per heavy atom. The van der Waals surface area contributed by atoms with E-state index in [4.69, 9.17) is 21.4 Å². The van der Waals surface area contributed by atoms with Crippen LogP contribution in [-0.2, 0) is 10.1 Å². The second-order valence-corrected chi connectivity index (χ2v) is 6.32. The Bertz CT molecular complexity index is 889. The van der Waals surface area contributed by atoms with Gasteiger partial charge in [0.15, 0.2) is 5.96 Å². The molecule has 2 aromatic rings. The van der Waals surface area contributed by atoms with E-state index in [1.165, 1.54) is 6.07 Å². The maximum absolute atomic E-state index is 12.5. The lowest BCUT2D eigenvalue weighted by molar-refractivity contribution is 0.485. The summed E-state index contributed by atoms with van der Waals surface area (Å²) in [5.74, 6) is -0.222. The number of aryl methyl sites for hydroxylation is 1. The van der Waals surface area contributed by atoms with E-state index in [-0.39, 0.29) is 28.3 Å². The van der Waals surface area contributed by atoms with Crippen molar-refractivity contribution in [1.29, 1.82) is 0 Å². The summed E-state index contributed by atoms with van der Waals surface area (Å²) in [7, 11) is -4.02. The van der Waals surface area contributed by atoms with Crippen molar-refractivity contribution >= 4 is 27.7 Å². The van der Waals surface area contributed by atoms with Gasteiger partial charge >= 0.3 is 10.1 Å². The molecule has 0 spiro atoms. The van der Waals surface area contributed by atoms with E-state index in [2.05, 4.69) is 9.98 Å². The second kappa shape index (κ2) is 7.01. The van der Waals surface area contributed by atoms with Crippen molar-refractivity contribution in [3.63, 3.8) is 0 Å². The van der Waals surface area contributed by atoms with E-state index < -0.39 is 10.1 Å². The van der Waals surface area contributed by atoms with Gasteiger partial charge in [-0.25, -0.2) is 4.99 Å². The molecule has 0 aliphatic rings. The number of benzene rings is 2. The van der Waals surface area contributed by atoms with Gasteiger partial charge in [0.05, 0.1) is 5.69 Å². The third-order valence-electron chi connectivity index (χ3n) is 2.88. The van der Waals surface area contributed by atoms with Crippen molar-refractivity contribution in [2.75, 3.05) is 0 Å². The van der Waals surface area contributed by atoms with Gasteiger partial charge in [0.25, 0.3) is 0 Å². The van der Waals surface area contributed by atoms with Crippen molar-refractivity contribution in [2.45, 2.75) is 11.8 Å². The first kappa shape index (κ1) is 17.3. The van der Waals surface area contributed by atoms with E-state index in [1.807, 2.05) is 0 Å². The Morgan fingerprint density at radius 3 is 2.33 bits per heavy atom. The minimum atomic E-state index is -4.02. The van der Waals surface area contributed by atoms with Crippen molar-refractivity contribution in [3.8, 4) is 5.75 Å². The van der Waals surface area contributed by atoms with Crippen LogP contribution in [0.2, 0.25) is 0 Å². The quantitative estimate of drug-likeness (QED) is 0.427. The minimum absolute atomic E-state index is 0.0231. The van der Waals surface area contributed by atoms with Crippen molar-refractivity contribution < 1.29 is 12.6 Å². The molecule has 9 heteroatoms. The summed E-state index contributed by atoms with van der Waals surface area (Å²) in [4.78, 5) is 7.50. The number of hydrogen-bond acceptors (Lipinski definition) is 4. The van der Waals surface area contributed by atoms with Crippen LogP contribution in [0.4, 0.5) is 5.69 Å². The first-order chi connectivity index (χ1) is 11.3. The van der Waals surface area contributed by atoms with Crippen molar-refractivity contribution in [3.05, 3.63) is 54.1 Å². The summed E-state index contributed by atoms with van der Waals surface area (Å²) in [5.41, 5.74) is 16.7. The van der Waals surface area contributed by atoms with Crippen LogP contribution < -0.4 is 21.4 Å². The zero-order chi connectivity index (χ0) is 17.7. The number of rotatable bonds is 4. The molecule has 2 aromatic carbocycles. The Balaban J connectivity index is 2.39. The number of nitrogens with two attached hydrogens (primary N) is 3. The molecular weight excluding hydrogens is 330 g/mol. The van der Waals surface area contributed by atoms with Gasteiger partial charge in [-0.2, -0.15) is 13.4 Å². The van der Waals surface area contributed by atoms with Gasteiger partial charge in [-0.15, -0.1) is 0 Å². The molecule has 0 unspecified atom stereocenters. The number of nitrogens with zero attached hydrogens (tertiary/aromatic N) is 2. The van der Waals surface area contributed by atoms with Gasteiger partial charge in [-0.05, 0) is 36.8 Å². The fourth-order valence-electron chi connectivity index (χ4n) is 1.86. The zero-order valence-corrected chi connectivity index (χ0v) is 13.7. The maximum Gasteiger partial charge on any atom is 0.339 e. The average Bonchev–Trinajstić information content (AvgIpc) is 2.48. The first-order valence-electron chi connectivity index (χ1n) is 6.82. The van der Waals surface area contributed by atoms with Crippen molar-refractivity contribution in [2.24, 2.45) is 27.2 Å². The lowest BCUT2D eigenvalue weighted by atomic mass is 10.2. The molecule has 2 rings (SSSR count). The minimum Gasteiger partial charge on any atom is -0.379 e. The van der Waals surface area contributed by atoms with Gasteiger partial charge < -0.3 is 21.4 Å². The summed E-state index contributed by atoms with van der Waals surface area (Å²) < 4.78 is 30.1. The van der Waals surface area contributed by atoms with Gasteiger partial charge in [0.1, 0.15) is 10.6 Å². The van der Waals surface area contributed by atoms with Gasteiger partial charge in [-0.1, -0.05) is 24.3 Å². The van der Waals surface area contributed by atoms with E-state index in [9.17, 15) is 8.42 Å². The monoisotopic (exact) mass is 347 g/mol. The highest BCUT2D eigenvalue weighted by Gasteiger charge is 2.20. The Morgan fingerprint density at radius 1 is 1.04 bits per heavy atom. The van der Waals surface area contributed by atoms with E-state index in [0.29, 0.717) is 5.56 Å². The Hall–Kier alpha value is -3.07. The van der Waals surface area contributed by atoms with Crippen LogP contribution in [-0.4, -0.2) is 20.3 Å². The molecular formula is C15H17N5O3S. The first-order valence-corrected chi connectivity index (χ1v) is 8.23. The summed E-state index contributed by atoms with van der Waals surface area (Å²) in [6.45, 7) is 1.65. The summed E-state index contributed by atoms with van der Waals surface area (Å²) in [5, 5.41) is 0. The van der Waals surface area contributed by atoms with Gasteiger partial charge in [0.2, 0.25) is 5.96 Å². The molecule has 0 aromatic heterocycles. The molecule has 0 saturated carbocycles. The van der Waals surface area contributed by atoms with Crippen LogP contribution in [0.5, 0.6) is 5.75 Å². The number of aliphatic imine (C=N–C) groups is 2. The number of para-hydroxylation sites is 1. The maximum atomic E-state index is 12.5. The average molecular weight is 347 g/mol. The van der Waals surface area contributed by atoms with Crippen LogP contribution in [0, 0.1) is 6.92 Å².